The van der Waals surface area contributed by atoms with Crippen molar-refractivity contribution < 1.29 is 9.32 Å². The number of amides is 1. The van der Waals surface area contributed by atoms with Crippen LogP contribution in [0.15, 0.2) is 35.0 Å². The fourth-order valence-corrected chi connectivity index (χ4v) is 3.15. The van der Waals surface area contributed by atoms with Gasteiger partial charge in [-0.25, -0.2) is 4.98 Å². The van der Waals surface area contributed by atoms with E-state index in [1.54, 1.807) is 31.3 Å². The van der Waals surface area contributed by atoms with Crippen LogP contribution in [0.4, 0.5) is 5.13 Å². The van der Waals surface area contributed by atoms with Gasteiger partial charge in [0.25, 0.3) is 5.91 Å². The first kappa shape index (κ1) is 16.0. The molecule has 2 heterocycles. The lowest BCUT2D eigenvalue weighted by Gasteiger charge is -2.02. The average Bonchev–Trinajstić information content (AvgIpc) is 3.12. The lowest BCUT2D eigenvalue weighted by molar-refractivity contribution is 0.0988. The van der Waals surface area contributed by atoms with Gasteiger partial charge in [-0.2, -0.15) is 0 Å². The zero-order valence-electron chi connectivity index (χ0n) is 12.0. The van der Waals surface area contributed by atoms with Gasteiger partial charge in [-0.1, -0.05) is 28.4 Å². The molecule has 1 N–H and O–H groups in total. The Morgan fingerprint density at radius 1 is 1.35 bits per heavy atom. The summed E-state index contributed by atoms with van der Waals surface area (Å²) in [5.74, 6) is -0.232. The van der Waals surface area contributed by atoms with Gasteiger partial charge in [-0.3, -0.25) is 10.1 Å². The van der Waals surface area contributed by atoms with Gasteiger partial charge in [0, 0.05) is 33.6 Å². The summed E-state index contributed by atoms with van der Waals surface area (Å²) in [5, 5.41) is 8.11. The number of nitrogens with zero attached hydrogens (tertiary/aromatic N) is 2. The van der Waals surface area contributed by atoms with Crippen LogP contribution in [0.2, 0.25) is 10.0 Å². The Labute approximate surface area is 146 Å². The number of nitrogens with one attached hydrogen (secondary N) is 1. The molecule has 1 aromatic carbocycles. The van der Waals surface area contributed by atoms with E-state index in [9.17, 15) is 4.79 Å². The summed E-state index contributed by atoms with van der Waals surface area (Å²) in [6.45, 7) is 1.75. The second kappa shape index (κ2) is 6.70. The van der Waals surface area contributed by atoms with Crippen molar-refractivity contribution in [3.05, 3.63) is 62.4 Å². The van der Waals surface area contributed by atoms with E-state index in [-0.39, 0.29) is 11.7 Å². The summed E-state index contributed by atoms with van der Waals surface area (Å²) in [5.41, 5.74) is 1.55. The predicted octanol–water partition coefficient (Wildman–Crippen LogP) is 4.59. The van der Waals surface area contributed by atoms with Crippen molar-refractivity contribution in [1.82, 2.24) is 10.1 Å². The van der Waals surface area contributed by atoms with Crippen molar-refractivity contribution in [3.8, 4) is 0 Å². The second-order valence-corrected chi connectivity index (χ2v) is 6.79. The number of aryl methyl sites for hydroxylation is 1. The number of carbonyl (C=O) groups is 1. The Bertz CT molecular complexity index is 860. The molecule has 2 aromatic heterocycles. The summed E-state index contributed by atoms with van der Waals surface area (Å²) >= 11 is 13.5. The van der Waals surface area contributed by atoms with Gasteiger partial charge in [0.05, 0.1) is 5.69 Å². The van der Waals surface area contributed by atoms with E-state index < -0.39 is 0 Å². The summed E-state index contributed by atoms with van der Waals surface area (Å²) in [4.78, 5) is 17.1. The monoisotopic (exact) mass is 367 g/mol. The van der Waals surface area contributed by atoms with Gasteiger partial charge in [0.15, 0.2) is 5.13 Å². The molecule has 23 heavy (non-hydrogen) atoms. The molecular weight excluding hydrogens is 357 g/mol. The summed E-state index contributed by atoms with van der Waals surface area (Å²) in [6.07, 6.45) is 2.29. The van der Waals surface area contributed by atoms with E-state index in [0.29, 0.717) is 27.3 Å². The summed E-state index contributed by atoms with van der Waals surface area (Å²) < 4.78 is 4.91. The molecule has 0 unspecified atom stereocenters. The van der Waals surface area contributed by atoms with E-state index in [4.69, 9.17) is 27.7 Å². The first-order valence-corrected chi connectivity index (χ1v) is 8.22. The molecule has 3 rings (SSSR count). The molecule has 0 aliphatic heterocycles. The highest BCUT2D eigenvalue weighted by Crippen LogP contribution is 2.27. The number of thiazole rings is 1. The molecule has 0 spiro atoms. The Morgan fingerprint density at radius 3 is 2.91 bits per heavy atom. The first-order valence-electron chi connectivity index (χ1n) is 6.64. The number of aromatic nitrogens is 2. The number of hydrogen-bond acceptors (Lipinski definition) is 5. The van der Waals surface area contributed by atoms with Crippen LogP contribution in [0.5, 0.6) is 0 Å². The number of halogens is 2. The molecule has 5 nitrogen and oxygen atoms in total. The molecule has 1 amide bonds. The van der Waals surface area contributed by atoms with Crippen LogP contribution in [-0.4, -0.2) is 16.0 Å². The van der Waals surface area contributed by atoms with Crippen molar-refractivity contribution in [2.75, 3.05) is 5.32 Å². The van der Waals surface area contributed by atoms with E-state index in [1.165, 1.54) is 11.3 Å². The topological polar surface area (TPSA) is 68.0 Å². The Morgan fingerprint density at radius 2 is 2.17 bits per heavy atom. The maximum absolute atomic E-state index is 12.0. The van der Waals surface area contributed by atoms with E-state index in [1.807, 2.05) is 6.07 Å². The van der Waals surface area contributed by atoms with Crippen LogP contribution >= 0.6 is 34.5 Å². The largest absolute Gasteiger partial charge is 0.351 e. The zero-order valence-corrected chi connectivity index (χ0v) is 14.3. The molecule has 0 radical (unpaired) electrons. The minimum Gasteiger partial charge on any atom is -0.351 e. The van der Waals surface area contributed by atoms with Gasteiger partial charge < -0.3 is 4.52 Å². The molecule has 118 valence electrons. The SMILES string of the molecule is Cc1cc(C(=O)Nc2ncc(Cc3cc(Cl)ccc3Cl)s2)on1. The third-order valence-electron chi connectivity index (χ3n) is 3.00. The lowest BCUT2D eigenvalue weighted by atomic mass is 10.1. The maximum Gasteiger partial charge on any atom is 0.296 e. The van der Waals surface area contributed by atoms with Gasteiger partial charge in [-0.05, 0) is 30.7 Å². The number of rotatable bonds is 4. The van der Waals surface area contributed by atoms with Gasteiger partial charge in [0.1, 0.15) is 0 Å². The molecule has 0 saturated carbocycles. The van der Waals surface area contributed by atoms with Crippen LogP contribution in [-0.2, 0) is 6.42 Å². The van der Waals surface area contributed by atoms with Crippen LogP contribution < -0.4 is 5.32 Å². The minimum absolute atomic E-state index is 0.150. The standard InChI is InChI=1S/C15H11Cl2N3O2S/c1-8-4-13(22-20-8)14(21)19-15-18-7-11(23-15)6-9-5-10(16)2-3-12(9)17/h2-5,7H,6H2,1H3,(H,18,19,21). The first-order chi connectivity index (χ1) is 11.0. The molecular formula is C15H11Cl2N3O2S. The van der Waals surface area contributed by atoms with Crippen molar-refractivity contribution >= 4 is 45.6 Å². The van der Waals surface area contributed by atoms with Crippen molar-refractivity contribution in [2.24, 2.45) is 0 Å². The average molecular weight is 368 g/mol. The highest BCUT2D eigenvalue weighted by molar-refractivity contribution is 7.15. The molecule has 0 aliphatic carbocycles. The Hall–Kier alpha value is -1.89. The molecule has 0 saturated heterocycles. The van der Waals surface area contributed by atoms with Crippen molar-refractivity contribution in [2.45, 2.75) is 13.3 Å². The smallest absolute Gasteiger partial charge is 0.296 e. The number of benzene rings is 1. The molecule has 0 atom stereocenters. The van der Waals surface area contributed by atoms with Crippen molar-refractivity contribution in [3.63, 3.8) is 0 Å². The quantitative estimate of drug-likeness (QED) is 0.731. The highest BCUT2D eigenvalue weighted by Gasteiger charge is 2.14. The van der Waals surface area contributed by atoms with E-state index in [0.717, 1.165) is 10.4 Å². The summed E-state index contributed by atoms with van der Waals surface area (Å²) in [7, 11) is 0. The molecule has 3 aromatic rings. The zero-order chi connectivity index (χ0) is 16.4. The fourth-order valence-electron chi connectivity index (χ4n) is 1.94. The maximum atomic E-state index is 12.0. The molecule has 8 heteroatoms. The van der Waals surface area contributed by atoms with Crippen LogP contribution in [0.1, 0.15) is 26.7 Å². The van der Waals surface area contributed by atoms with Crippen LogP contribution in [0, 0.1) is 6.92 Å². The third kappa shape index (κ3) is 3.90. The molecule has 0 fully saturated rings. The molecule has 0 bridgehead atoms. The minimum atomic E-state index is -0.382. The van der Waals surface area contributed by atoms with Gasteiger partial charge >= 0.3 is 0 Å². The van der Waals surface area contributed by atoms with E-state index in [2.05, 4.69) is 15.5 Å². The second-order valence-electron chi connectivity index (χ2n) is 4.83. The number of hydrogen-bond donors (Lipinski definition) is 1. The third-order valence-corrected chi connectivity index (χ3v) is 4.51. The highest BCUT2D eigenvalue weighted by atomic mass is 35.5. The van der Waals surface area contributed by atoms with Crippen LogP contribution in [0.3, 0.4) is 0 Å². The fraction of sp³-hybridized carbons (Fsp3) is 0.133. The normalized spacial score (nSPS) is 10.7. The Balaban J connectivity index is 1.70. The Kier molecular flexibility index (Phi) is 4.66. The lowest BCUT2D eigenvalue weighted by Crippen LogP contribution is -2.10. The van der Waals surface area contributed by atoms with Crippen molar-refractivity contribution in [1.29, 1.82) is 0 Å². The van der Waals surface area contributed by atoms with Gasteiger partial charge in [0.2, 0.25) is 5.76 Å². The van der Waals surface area contributed by atoms with Crippen LogP contribution in [0.25, 0.3) is 0 Å². The number of carbonyl (C=O) groups excluding carboxylic acids is 1. The predicted molar refractivity (Wildman–Crippen MR) is 90.6 cm³/mol. The summed E-state index contributed by atoms with van der Waals surface area (Å²) in [6, 6.07) is 6.88. The molecule has 0 aliphatic rings. The van der Waals surface area contributed by atoms with E-state index >= 15 is 0 Å². The number of anilines is 1. The van der Waals surface area contributed by atoms with Gasteiger partial charge in [-0.15, -0.1) is 11.3 Å².